The van der Waals surface area contributed by atoms with Crippen molar-refractivity contribution in [1.29, 1.82) is 0 Å². The van der Waals surface area contributed by atoms with Crippen molar-refractivity contribution >= 4 is 11.6 Å². The maximum Gasteiger partial charge on any atom is 0.358 e. The fraction of sp³-hybridized carbons (Fsp3) is 0.345. The molecule has 0 radical (unpaired) electrons. The zero-order valence-electron chi connectivity index (χ0n) is 19.8. The Kier molecular flexibility index (Phi) is 6.05. The van der Waals surface area contributed by atoms with Crippen LogP contribution in [-0.4, -0.2) is 51.2 Å². The molecule has 2 aliphatic rings. The molecule has 0 N–H and O–H groups in total. The Morgan fingerprint density at radius 3 is 2.43 bits per heavy atom. The Balaban J connectivity index is 1.29. The number of rotatable bonds is 5. The Bertz CT molecular complexity index is 1320. The van der Waals surface area contributed by atoms with Gasteiger partial charge in [0.1, 0.15) is 0 Å². The molecule has 2 atom stereocenters. The monoisotopic (exact) mass is 466 g/mol. The maximum absolute atomic E-state index is 13.1. The molecule has 0 unspecified atom stereocenters. The summed E-state index contributed by atoms with van der Waals surface area (Å²) in [5, 5.41) is 4.64. The van der Waals surface area contributed by atoms with Gasteiger partial charge in [-0.1, -0.05) is 67.1 Å². The minimum Gasteiger partial charge on any atom is -0.461 e. The summed E-state index contributed by atoms with van der Waals surface area (Å²) in [6.45, 7) is 2.82. The average Bonchev–Trinajstić information content (AvgIpc) is 3.37. The minimum absolute atomic E-state index is 0.302. The van der Waals surface area contributed by atoms with Crippen LogP contribution in [0.15, 0.2) is 72.8 Å². The number of piperidine rings is 2. The SMILES string of the molecule is O=C(OC[C@H]1CCCN2CCCC[C@H]12)c1cc2nc(-c3ccccc3)cc(-c3ccccc3)n2n1. The molecule has 0 bridgehead atoms. The van der Waals surface area contributed by atoms with Gasteiger partial charge in [-0.05, 0) is 44.8 Å². The summed E-state index contributed by atoms with van der Waals surface area (Å²) >= 11 is 0. The molecule has 0 aliphatic carbocycles. The van der Waals surface area contributed by atoms with Crippen LogP contribution in [0.3, 0.4) is 0 Å². The van der Waals surface area contributed by atoms with Crippen LogP contribution in [0, 0.1) is 5.92 Å². The van der Waals surface area contributed by atoms with Crippen LogP contribution in [-0.2, 0) is 4.74 Å². The maximum atomic E-state index is 13.1. The molecule has 6 nitrogen and oxygen atoms in total. The number of fused-ring (bicyclic) bond motifs is 2. The molecule has 2 aliphatic heterocycles. The van der Waals surface area contributed by atoms with Crippen LogP contribution in [0.25, 0.3) is 28.2 Å². The van der Waals surface area contributed by atoms with E-state index < -0.39 is 0 Å². The quantitative estimate of drug-likeness (QED) is 0.364. The Morgan fingerprint density at radius 2 is 1.63 bits per heavy atom. The molecule has 0 spiro atoms. The Hall–Kier alpha value is -3.51. The molecule has 4 heterocycles. The van der Waals surface area contributed by atoms with E-state index >= 15 is 0 Å². The summed E-state index contributed by atoms with van der Waals surface area (Å²) in [7, 11) is 0. The molecule has 0 saturated carbocycles. The number of esters is 1. The van der Waals surface area contributed by atoms with Gasteiger partial charge in [0.05, 0.1) is 18.0 Å². The fourth-order valence-corrected chi connectivity index (χ4v) is 5.67. The van der Waals surface area contributed by atoms with E-state index in [1.165, 1.54) is 38.8 Å². The van der Waals surface area contributed by atoms with Crippen LogP contribution < -0.4 is 0 Å². The van der Waals surface area contributed by atoms with E-state index in [1.807, 2.05) is 66.7 Å². The lowest BCUT2D eigenvalue weighted by Crippen LogP contribution is -2.49. The van der Waals surface area contributed by atoms with Crippen LogP contribution in [0.4, 0.5) is 0 Å². The van der Waals surface area contributed by atoms with E-state index in [-0.39, 0.29) is 5.97 Å². The predicted octanol–water partition coefficient (Wildman–Crippen LogP) is 5.48. The normalized spacial score (nSPS) is 20.5. The van der Waals surface area contributed by atoms with Crippen molar-refractivity contribution in [2.45, 2.75) is 38.1 Å². The zero-order valence-corrected chi connectivity index (χ0v) is 19.8. The summed E-state index contributed by atoms with van der Waals surface area (Å²) in [5.74, 6) is 0.0384. The van der Waals surface area contributed by atoms with Gasteiger partial charge in [0.25, 0.3) is 0 Å². The van der Waals surface area contributed by atoms with Gasteiger partial charge < -0.3 is 4.74 Å². The van der Waals surface area contributed by atoms with E-state index in [4.69, 9.17) is 9.72 Å². The summed E-state index contributed by atoms with van der Waals surface area (Å²) < 4.78 is 7.59. The second-order valence-corrected chi connectivity index (χ2v) is 9.66. The lowest BCUT2D eigenvalue weighted by Gasteiger charge is -2.44. The van der Waals surface area contributed by atoms with Crippen LogP contribution in [0.5, 0.6) is 0 Å². The number of carbonyl (C=O) groups excluding carboxylic acids is 1. The molecule has 2 saturated heterocycles. The zero-order chi connectivity index (χ0) is 23.6. The Labute approximate surface area is 205 Å². The van der Waals surface area contributed by atoms with Crippen molar-refractivity contribution in [3.05, 3.63) is 78.5 Å². The Morgan fingerprint density at radius 1 is 0.886 bits per heavy atom. The van der Waals surface area contributed by atoms with Gasteiger partial charge in [-0.25, -0.2) is 14.3 Å². The predicted molar refractivity (Wildman–Crippen MR) is 136 cm³/mol. The van der Waals surface area contributed by atoms with Crippen molar-refractivity contribution in [3.63, 3.8) is 0 Å². The molecule has 178 valence electrons. The van der Waals surface area contributed by atoms with Crippen molar-refractivity contribution in [1.82, 2.24) is 19.5 Å². The molecule has 2 aromatic carbocycles. The van der Waals surface area contributed by atoms with Gasteiger partial charge in [0, 0.05) is 29.2 Å². The molecule has 2 aromatic heterocycles. The largest absolute Gasteiger partial charge is 0.461 e. The van der Waals surface area contributed by atoms with E-state index in [0.717, 1.165) is 28.9 Å². The summed E-state index contributed by atoms with van der Waals surface area (Å²) in [4.78, 5) is 20.5. The highest BCUT2D eigenvalue weighted by molar-refractivity contribution is 5.89. The number of aromatic nitrogens is 3. The molecule has 4 aromatic rings. The first-order valence-corrected chi connectivity index (χ1v) is 12.7. The van der Waals surface area contributed by atoms with Gasteiger partial charge in [-0.15, -0.1) is 0 Å². The molecular weight excluding hydrogens is 436 g/mol. The topological polar surface area (TPSA) is 59.7 Å². The summed E-state index contributed by atoms with van der Waals surface area (Å²) in [6, 6.07) is 24.5. The van der Waals surface area contributed by atoms with Gasteiger partial charge in [0.15, 0.2) is 11.3 Å². The van der Waals surface area contributed by atoms with Crippen molar-refractivity contribution in [3.8, 4) is 22.5 Å². The molecule has 0 amide bonds. The van der Waals surface area contributed by atoms with E-state index in [0.29, 0.717) is 29.9 Å². The summed E-state index contributed by atoms with van der Waals surface area (Å²) in [5.41, 5.74) is 4.70. The first kappa shape index (κ1) is 22.0. The van der Waals surface area contributed by atoms with Crippen LogP contribution in [0.1, 0.15) is 42.6 Å². The second-order valence-electron chi connectivity index (χ2n) is 9.66. The number of hydrogen-bond donors (Lipinski definition) is 0. The minimum atomic E-state index is -0.372. The second kappa shape index (κ2) is 9.62. The van der Waals surface area contributed by atoms with Gasteiger partial charge >= 0.3 is 5.97 Å². The molecule has 6 rings (SSSR count). The third kappa shape index (κ3) is 4.46. The average molecular weight is 467 g/mol. The highest BCUT2D eigenvalue weighted by atomic mass is 16.5. The highest BCUT2D eigenvalue weighted by Gasteiger charge is 2.33. The van der Waals surface area contributed by atoms with E-state index in [1.54, 1.807) is 10.6 Å². The van der Waals surface area contributed by atoms with Crippen molar-refractivity contribution in [2.75, 3.05) is 19.7 Å². The van der Waals surface area contributed by atoms with Gasteiger partial charge in [-0.3, -0.25) is 4.90 Å². The smallest absolute Gasteiger partial charge is 0.358 e. The number of hydrogen-bond acceptors (Lipinski definition) is 5. The number of carbonyl (C=O) groups is 1. The lowest BCUT2D eigenvalue weighted by atomic mass is 9.84. The van der Waals surface area contributed by atoms with E-state index in [9.17, 15) is 4.79 Å². The van der Waals surface area contributed by atoms with Crippen molar-refractivity contribution in [2.24, 2.45) is 5.92 Å². The third-order valence-electron chi connectivity index (χ3n) is 7.43. The van der Waals surface area contributed by atoms with Crippen molar-refractivity contribution < 1.29 is 9.53 Å². The molecule has 2 fully saturated rings. The summed E-state index contributed by atoms with van der Waals surface area (Å²) in [6.07, 6.45) is 6.07. The first-order valence-electron chi connectivity index (χ1n) is 12.7. The standard InChI is InChI=1S/C29H30N4O2/c34-29(35-20-23-14-9-17-32-16-8-7-15-26(23)32)25-19-28-30-24(21-10-3-1-4-11-21)18-27(33(28)31-25)22-12-5-2-6-13-22/h1-6,10-13,18-19,23,26H,7-9,14-17,20H2/t23-,26-/m1/s1. The van der Waals surface area contributed by atoms with Gasteiger partial charge in [0.2, 0.25) is 0 Å². The lowest BCUT2D eigenvalue weighted by molar-refractivity contribution is 0.00700. The molecule has 35 heavy (non-hydrogen) atoms. The van der Waals surface area contributed by atoms with Crippen LogP contribution in [0.2, 0.25) is 0 Å². The highest BCUT2D eigenvalue weighted by Crippen LogP contribution is 2.31. The first-order chi connectivity index (χ1) is 17.3. The molecule has 6 heteroatoms. The fourth-order valence-electron chi connectivity index (χ4n) is 5.67. The number of ether oxygens (including phenoxy) is 1. The van der Waals surface area contributed by atoms with E-state index in [2.05, 4.69) is 10.00 Å². The van der Waals surface area contributed by atoms with Gasteiger partial charge in [-0.2, -0.15) is 5.10 Å². The third-order valence-corrected chi connectivity index (χ3v) is 7.43. The molecular formula is C29H30N4O2. The number of nitrogens with zero attached hydrogens (tertiary/aromatic N) is 4. The number of benzene rings is 2. The van der Waals surface area contributed by atoms with Crippen LogP contribution >= 0.6 is 0 Å².